The lowest BCUT2D eigenvalue weighted by Gasteiger charge is -2.32. The molecule has 0 spiro atoms. The summed E-state index contributed by atoms with van der Waals surface area (Å²) in [5.41, 5.74) is 0.602. The second-order valence-electron chi connectivity index (χ2n) is 8.01. The Kier molecular flexibility index (Phi) is 9.73. The van der Waals surface area contributed by atoms with Gasteiger partial charge in [-0.25, -0.2) is 12.8 Å². The van der Waals surface area contributed by atoms with Gasteiger partial charge in [-0.1, -0.05) is 42.3 Å². The van der Waals surface area contributed by atoms with Gasteiger partial charge in [0.15, 0.2) is 0 Å². The van der Waals surface area contributed by atoms with E-state index in [9.17, 15) is 22.4 Å². The molecule has 0 bridgehead atoms. The van der Waals surface area contributed by atoms with Gasteiger partial charge in [0.1, 0.15) is 18.4 Å². The fourth-order valence-electron chi connectivity index (χ4n) is 3.13. The summed E-state index contributed by atoms with van der Waals surface area (Å²) < 4.78 is 39.5. The fourth-order valence-corrected chi connectivity index (χ4v) is 4.29. The second kappa shape index (κ2) is 11.9. The summed E-state index contributed by atoms with van der Waals surface area (Å²) in [5, 5.41) is 3.44. The zero-order chi connectivity index (χ0) is 25.6. The van der Waals surface area contributed by atoms with Crippen LogP contribution in [0.25, 0.3) is 0 Å². The number of hydrogen-bond donors (Lipinski definition) is 1. The van der Waals surface area contributed by atoms with Crippen LogP contribution in [0.5, 0.6) is 0 Å². The van der Waals surface area contributed by atoms with E-state index in [-0.39, 0.29) is 29.2 Å². The number of nitrogens with one attached hydrogen (secondary N) is 1. The molecule has 0 saturated heterocycles. The van der Waals surface area contributed by atoms with Crippen molar-refractivity contribution in [2.24, 2.45) is 0 Å². The topological polar surface area (TPSA) is 86.8 Å². The largest absolute Gasteiger partial charge is 0.352 e. The molecule has 11 heteroatoms. The molecule has 0 heterocycles. The van der Waals surface area contributed by atoms with Crippen LogP contribution in [0.1, 0.15) is 32.8 Å². The lowest BCUT2D eigenvalue weighted by atomic mass is 10.1. The first-order valence-electron chi connectivity index (χ1n) is 10.6. The zero-order valence-corrected chi connectivity index (χ0v) is 21.7. The highest BCUT2D eigenvalue weighted by molar-refractivity contribution is 7.92. The van der Waals surface area contributed by atoms with Crippen LogP contribution >= 0.6 is 23.2 Å². The van der Waals surface area contributed by atoms with E-state index in [1.54, 1.807) is 25.1 Å². The monoisotopic (exact) mass is 531 g/mol. The number of sulfonamides is 1. The maximum atomic E-state index is 13.8. The van der Waals surface area contributed by atoms with Gasteiger partial charge in [0.05, 0.1) is 22.0 Å². The molecule has 2 atom stereocenters. The molecule has 0 aliphatic carbocycles. The third-order valence-electron chi connectivity index (χ3n) is 5.28. The average molecular weight is 532 g/mol. The van der Waals surface area contributed by atoms with E-state index in [1.807, 2.05) is 13.8 Å². The zero-order valence-electron chi connectivity index (χ0n) is 19.4. The number of benzene rings is 2. The standard InChI is InChI=1S/C23H28Cl2FN3O4S/c1-5-15(2)27-23(31)16(3)28(13-17-9-10-20(24)21(25)11-17)22(30)14-29(34(4,32)33)19-8-6-7-18(26)12-19/h6-12,15-16H,5,13-14H2,1-4H3,(H,27,31)/t15-,16-/m0/s1. The molecule has 2 amide bonds. The van der Waals surface area contributed by atoms with E-state index in [1.165, 1.54) is 23.1 Å². The predicted octanol–water partition coefficient (Wildman–Crippen LogP) is 4.23. The predicted molar refractivity (Wildman–Crippen MR) is 133 cm³/mol. The molecule has 2 rings (SSSR count). The SMILES string of the molecule is CC[C@H](C)NC(=O)[C@H](C)N(Cc1ccc(Cl)c(Cl)c1)C(=O)CN(c1cccc(F)c1)S(C)(=O)=O. The molecule has 0 aromatic heterocycles. The number of rotatable bonds is 10. The van der Waals surface area contributed by atoms with Crippen molar-refractivity contribution in [2.75, 3.05) is 17.1 Å². The van der Waals surface area contributed by atoms with E-state index >= 15 is 0 Å². The molecule has 0 aliphatic rings. The number of nitrogens with zero attached hydrogens (tertiary/aromatic N) is 2. The Morgan fingerprint density at radius 3 is 2.32 bits per heavy atom. The van der Waals surface area contributed by atoms with E-state index in [0.29, 0.717) is 17.0 Å². The van der Waals surface area contributed by atoms with Crippen LogP contribution in [0.15, 0.2) is 42.5 Å². The van der Waals surface area contributed by atoms with Crippen molar-refractivity contribution in [3.8, 4) is 0 Å². The highest BCUT2D eigenvalue weighted by atomic mass is 35.5. The first-order chi connectivity index (χ1) is 15.8. The summed E-state index contributed by atoms with van der Waals surface area (Å²) in [4.78, 5) is 27.5. The van der Waals surface area contributed by atoms with Crippen molar-refractivity contribution < 1.29 is 22.4 Å². The van der Waals surface area contributed by atoms with Crippen LogP contribution in [0.4, 0.5) is 10.1 Å². The van der Waals surface area contributed by atoms with Crippen molar-refractivity contribution in [1.29, 1.82) is 0 Å². The van der Waals surface area contributed by atoms with E-state index in [4.69, 9.17) is 23.2 Å². The second-order valence-corrected chi connectivity index (χ2v) is 10.7. The van der Waals surface area contributed by atoms with Crippen LogP contribution in [-0.2, 0) is 26.2 Å². The molecule has 2 aromatic rings. The molecule has 0 radical (unpaired) electrons. The summed E-state index contributed by atoms with van der Waals surface area (Å²) in [5.74, 6) is -1.68. The van der Waals surface area contributed by atoms with Crippen LogP contribution in [0, 0.1) is 5.82 Å². The van der Waals surface area contributed by atoms with Gasteiger partial charge in [-0.05, 0) is 56.2 Å². The molecular weight excluding hydrogens is 504 g/mol. The molecule has 0 saturated carbocycles. The lowest BCUT2D eigenvalue weighted by molar-refractivity contribution is -0.139. The van der Waals surface area contributed by atoms with Gasteiger partial charge in [0.2, 0.25) is 21.8 Å². The summed E-state index contributed by atoms with van der Waals surface area (Å²) in [6.07, 6.45) is 1.62. The summed E-state index contributed by atoms with van der Waals surface area (Å²) in [6, 6.07) is 8.70. The number of halogens is 3. The van der Waals surface area contributed by atoms with Crippen LogP contribution < -0.4 is 9.62 Å². The first-order valence-corrected chi connectivity index (χ1v) is 13.2. The van der Waals surface area contributed by atoms with Gasteiger partial charge >= 0.3 is 0 Å². The third-order valence-corrected chi connectivity index (χ3v) is 7.16. The molecule has 0 unspecified atom stereocenters. The van der Waals surface area contributed by atoms with Crippen molar-refractivity contribution in [2.45, 2.75) is 45.8 Å². The van der Waals surface area contributed by atoms with Crippen molar-refractivity contribution in [1.82, 2.24) is 10.2 Å². The number of amides is 2. The van der Waals surface area contributed by atoms with Crippen LogP contribution in [-0.4, -0.2) is 50.0 Å². The molecule has 2 aromatic carbocycles. The third kappa shape index (κ3) is 7.58. The maximum absolute atomic E-state index is 13.8. The minimum absolute atomic E-state index is 0.00190. The first kappa shape index (κ1) is 27.9. The van der Waals surface area contributed by atoms with Gasteiger partial charge in [0.25, 0.3) is 0 Å². The number of hydrogen-bond acceptors (Lipinski definition) is 4. The normalized spacial score (nSPS) is 13.1. The fraction of sp³-hybridized carbons (Fsp3) is 0.391. The van der Waals surface area contributed by atoms with E-state index in [0.717, 1.165) is 16.6 Å². The van der Waals surface area contributed by atoms with Gasteiger partial charge in [0, 0.05) is 12.6 Å². The highest BCUT2D eigenvalue weighted by Crippen LogP contribution is 2.24. The molecule has 0 fully saturated rings. The molecular formula is C23H28Cl2FN3O4S. The Morgan fingerprint density at radius 1 is 1.09 bits per heavy atom. The Balaban J connectivity index is 2.41. The van der Waals surface area contributed by atoms with Crippen LogP contribution in [0.3, 0.4) is 0 Å². The number of carbonyl (C=O) groups is 2. The Hall–Kier alpha value is -2.36. The maximum Gasteiger partial charge on any atom is 0.244 e. The quantitative estimate of drug-likeness (QED) is 0.496. The average Bonchev–Trinajstić information content (AvgIpc) is 2.76. The summed E-state index contributed by atoms with van der Waals surface area (Å²) >= 11 is 12.1. The molecule has 1 N–H and O–H groups in total. The van der Waals surface area contributed by atoms with Gasteiger partial charge in [-0.15, -0.1) is 0 Å². The van der Waals surface area contributed by atoms with Gasteiger partial charge < -0.3 is 10.2 Å². The molecule has 186 valence electrons. The van der Waals surface area contributed by atoms with E-state index < -0.39 is 34.3 Å². The Labute approximate surface area is 209 Å². The van der Waals surface area contributed by atoms with Crippen molar-refractivity contribution in [3.05, 3.63) is 63.9 Å². The number of anilines is 1. The molecule has 0 aliphatic heterocycles. The smallest absolute Gasteiger partial charge is 0.244 e. The highest BCUT2D eigenvalue weighted by Gasteiger charge is 2.30. The molecule has 7 nitrogen and oxygen atoms in total. The van der Waals surface area contributed by atoms with Gasteiger partial charge in [-0.2, -0.15) is 0 Å². The van der Waals surface area contributed by atoms with Gasteiger partial charge in [-0.3, -0.25) is 13.9 Å². The minimum Gasteiger partial charge on any atom is -0.352 e. The number of carbonyl (C=O) groups excluding carboxylic acids is 2. The van der Waals surface area contributed by atoms with E-state index in [2.05, 4.69) is 5.32 Å². The van der Waals surface area contributed by atoms with Crippen molar-refractivity contribution >= 4 is 50.7 Å². The summed E-state index contributed by atoms with van der Waals surface area (Å²) in [6.45, 7) is 4.67. The Bertz CT molecular complexity index is 1150. The van der Waals surface area contributed by atoms with Crippen molar-refractivity contribution in [3.63, 3.8) is 0 Å². The minimum atomic E-state index is -3.94. The van der Waals surface area contributed by atoms with Crippen LogP contribution in [0.2, 0.25) is 10.0 Å². The molecule has 34 heavy (non-hydrogen) atoms. The summed E-state index contributed by atoms with van der Waals surface area (Å²) in [7, 11) is -3.94. The Morgan fingerprint density at radius 2 is 1.76 bits per heavy atom. The lowest BCUT2D eigenvalue weighted by Crippen LogP contribution is -2.52.